The molecule has 1 N–H and O–H groups in total. The van der Waals surface area contributed by atoms with Crippen LogP contribution in [-0.4, -0.2) is 15.5 Å². The van der Waals surface area contributed by atoms with Crippen LogP contribution in [0.15, 0.2) is 30.6 Å². The normalized spacial score (nSPS) is 11.5. The van der Waals surface area contributed by atoms with E-state index in [9.17, 15) is 0 Å². The lowest BCUT2D eigenvalue weighted by molar-refractivity contribution is 0.414. The van der Waals surface area contributed by atoms with Gasteiger partial charge in [0.25, 0.3) is 0 Å². The van der Waals surface area contributed by atoms with Gasteiger partial charge in [0.2, 0.25) is 5.88 Å². The van der Waals surface area contributed by atoms with Crippen molar-refractivity contribution in [1.29, 1.82) is 0 Å². The second-order valence-corrected chi connectivity index (χ2v) is 6.38. The summed E-state index contributed by atoms with van der Waals surface area (Å²) in [5, 5.41) is 3.39. The van der Waals surface area contributed by atoms with Crippen LogP contribution >= 0.6 is 0 Å². The summed E-state index contributed by atoms with van der Waals surface area (Å²) < 4.78 is 5.81. The average Bonchev–Trinajstić information content (AvgIpc) is 2.35. The first-order chi connectivity index (χ1) is 9.82. The van der Waals surface area contributed by atoms with Gasteiger partial charge in [-0.1, -0.05) is 6.07 Å². The molecule has 0 amide bonds. The molecule has 0 spiro atoms. The van der Waals surface area contributed by atoms with E-state index in [2.05, 4.69) is 56.0 Å². The summed E-state index contributed by atoms with van der Waals surface area (Å²) in [6, 6.07) is 6.10. The minimum Gasteiger partial charge on any atom is -0.437 e. The van der Waals surface area contributed by atoms with E-state index in [-0.39, 0.29) is 5.54 Å². The minimum absolute atomic E-state index is 0.0478. The molecule has 0 aliphatic carbocycles. The first-order valence-corrected chi connectivity index (χ1v) is 7.14. The Hall–Kier alpha value is -1.94. The third-order valence-corrected chi connectivity index (χ3v) is 2.88. The molecule has 0 aliphatic heterocycles. The van der Waals surface area contributed by atoms with Crippen LogP contribution in [0.1, 0.15) is 37.6 Å². The fourth-order valence-corrected chi connectivity index (χ4v) is 1.99. The molecule has 2 rings (SSSR count). The van der Waals surface area contributed by atoms with Crippen LogP contribution in [0.5, 0.6) is 11.6 Å². The van der Waals surface area contributed by atoms with Gasteiger partial charge in [-0.2, -0.15) is 0 Å². The fourth-order valence-electron chi connectivity index (χ4n) is 1.99. The monoisotopic (exact) mass is 285 g/mol. The van der Waals surface area contributed by atoms with Crippen LogP contribution in [0.25, 0.3) is 0 Å². The van der Waals surface area contributed by atoms with E-state index in [4.69, 9.17) is 4.74 Å². The molecule has 1 aromatic carbocycles. The van der Waals surface area contributed by atoms with Gasteiger partial charge in [0.05, 0.1) is 11.9 Å². The summed E-state index contributed by atoms with van der Waals surface area (Å²) in [4.78, 5) is 8.68. The van der Waals surface area contributed by atoms with Crippen molar-refractivity contribution in [3.8, 4) is 11.6 Å². The first-order valence-electron chi connectivity index (χ1n) is 7.14. The second-order valence-electron chi connectivity index (χ2n) is 6.38. The van der Waals surface area contributed by atoms with Crippen molar-refractivity contribution >= 4 is 0 Å². The Bertz CT molecular complexity index is 597. The van der Waals surface area contributed by atoms with Crippen molar-refractivity contribution < 1.29 is 4.74 Å². The Balaban J connectivity index is 2.10. The van der Waals surface area contributed by atoms with E-state index < -0.39 is 0 Å². The van der Waals surface area contributed by atoms with E-state index in [1.165, 1.54) is 11.1 Å². The van der Waals surface area contributed by atoms with Crippen LogP contribution in [0.3, 0.4) is 0 Å². The lowest BCUT2D eigenvalue weighted by Crippen LogP contribution is -2.35. The smallest absolute Gasteiger partial charge is 0.238 e. The third-order valence-electron chi connectivity index (χ3n) is 2.88. The van der Waals surface area contributed by atoms with Gasteiger partial charge in [0.15, 0.2) is 0 Å². The van der Waals surface area contributed by atoms with E-state index in [1.807, 2.05) is 12.1 Å². The highest BCUT2D eigenvalue weighted by Gasteiger charge is 2.10. The van der Waals surface area contributed by atoms with Gasteiger partial charge < -0.3 is 10.1 Å². The molecule has 0 unspecified atom stereocenters. The van der Waals surface area contributed by atoms with E-state index in [0.717, 1.165) is 11.4 Å². The molecule has 1 aromatic heterocycles. The molecule has 1 heterocycles. The summed E-state index contributed by atoms with van der Waals surface area (Å²) in [6.07, 6.45) is 3.39. The lowest BCUT2D eigenvalue weighted by atomic mass is 10.1. The Labute approximate surface area is 126 Å². The molecule has 0 bridgehead atoms. The molecule has 2 aromatic rings. The summed E-state index contributed by atoms with van der Waals surface area (Å²) >= 11 is 0. The molecule has 112 valence electrons. The molecule has 21 heavy (non-hydrogen) atoms. The summed E-state index contributed by atoms with van der Waals surface area (Å²) in [5.74, 6) is 1.32. The minimum atomic E-state index is 0.0478. The number of aryl methyl sites for hydroxylation is 2. The highest BCUT2D eigenvalue weighted by atomic mass is 16.5. The number of aromatic nitrogens is 2. The number of ether oxygens (including phenoxy) is 1. The molecule has 0 atom stereocenters. The van der Waals surface area contributed by atoms with Crippen molar-refractivity contribution in [2.24, 2.45) is 0 Å². The number of nitrogens with one attached hydrogen (secondary N) is 1. The van der Waals surface area contributed by atoms with Gasteiger partial charge in [0, 0.05) is 18.3 Å². The Morgan fingerprint density at radius 1 is 1.05 bits per heavy atom. The maximum atomic E-state index is 5.81. The van der Waals surface area contributed by atoms with Gasteiger partial charge in [-0.05, 0) is 57.9 Å². The number of nitrogens with zero attached hydrogens (tertiary/aromatic N) is 2. The first kappa shape index (κ1) is 15.4. The van der Waals surface area contributed by atoms with Crippen molar-refractivity contribution in [1.82, 2.24) is 15.3 Å². The maximum absolute atomic E-state index is 5.81. The number of benzene rings is 1. The van der Waals surface area contributed by atoms with Crippen LogP contribution in [0.2, 0.25) is 0 Å². The number of hydrogen-bond acceptors (Lipinski definition) is 4. The molecular formula is C17H23N3O. The molecule has 0 aliphatic rings. The maximum Gasteiger partial charge on any atom is 0.238 e. The van der Waals surface area contributed by atoms with Crippen molar-refractivity contribution in [3.05, 3.63) is 47.4 Å². The zero-order valence-corrected chi connectivity index (χ0v) is 13.4. The summed E-state index contributed by atoms with van der Waals surface area (Å²) in [6.45, 7) is 11.1. The third kappa shape index (κ3) is 5.16. The highest BCUT2D eigenvalue weighted by Crippen LogP contribution is 2.21. The Kier molecular flexibility index (Phi) is 4.58. The highest BCUT2D eigenvalue weighted by molar-refractivity contribution is 5.35. The van der Waals surface area contributed by atoms with Gasteiger partial charge in [-0.25, -0.2) is 4.98 Å². The summed E-state index contributed by atoms with van der Waals surface area (Å²) in [5.41, 5.74) is 3.26. The Morgan fingerprint density at radius 3 is 2.33 bits per heavy atom. The predicted octanol–water partition coefficient (Wildman–Crippen LogP) is 3.77. The number of rotatable bonds is 4. The van der Waals surface area contributed by atoms with Crippen molar-refractivity contribution in [2.75, 3.05) is 0 Å². The molecule has 0 radical (unpaired) electrons. The summed E-state index contributed by atoms with van der Waals surface area (Å²) in [7, 11) is 0. The predicted molar refractivity (Wildman–Crippen MR) is 84.6 cm³/mol. The van der Waals surface area contributed by atoms with Gasteiger partial charge in [-0.15, -0.1) is 0 Å². The topological polar surface area (TPSA) is 47.0 Å². The van der Waals surface area contributed by atoms with Gasteiger partial charge >= 0.3 is 0 Å². The molecule has 4 heteroatoms. The van der Waals surface area contributed by atoms with Crippen LogP contribution < -0.4 is 10.1 Å². The lowest BCUT2D eigenvalue weighted by Gasteiger charge is -2.20. The zero-order valence-electron chi connectivity index (χ0n) is 13.4. The zero-order chi connectivity index (χ0) is 15.5. The van der Waals surface area contributed by atoms with Crippen molar-refractivity contribution in [2.45, 2.75) is 46.7 Å². The van der Waals surface area contributed by atoms with Crippen LogP contribution in [0.4, 0.5) is 0 Å². The SMILES string of the molecule is Cc1cc(C)cc(Oc2cncc(CNC(C)(C)C)n2)c1. The largest absolute Gasteiger partial charge is 0.437 e. The molecular weight excluding hydrogens is 262 g/mol. The fraction of sp³-hybridized carbons (Fsp3) is 0.412. The van der Waals surface area contributed by atoms with E-state index >= 15 is 0 Å². The van der Waals surface area contributed by atoms with Crippen molar-refractivity contribution in [3.63, 3.8) is 0 Å². The van der Waals surface area contributed by atoms with Gasteiger partial charge in [-0.3, -0.25) is 4.98 Å². The molecule has 4 nitrogen and oxygen atoms in total. The number of hydrogen-bond donors (Lipinski definition) is 1. The molecule has 0 fully saturated rings. The average molecular weight is 285 g/mol. The second kappa shape index (κ2) is 6.22. The van der Waals surface area contributed by atoms with E-state index in [0.29, 0.717) is 12.4 Å². The molecule has 0 saturated carbocycles. The van der Waals surface area contributed by atoms with Crippen LogP contribution in [-0.2, 0) is 6.54 Å². The molecule has 0 saturated heterocycles. The quantitative estimate of drug-likeness (QED) is 0.928. The van der Waals surface area contributed by atoms with Gasteiger partial charge in [0.1, 0.15) is 5.75 Å². The Morgan fingerprint density at radius 2 is 1.71 bits per heavy atom. The van der Waals surface area contributed by atoms with E-state index in [1.54, 1.807) is 12.4 Å². The standard InChI is InChI=1S/C17H23N3O/c1-12-6-13(2)8-15(7-12)21-16-11-18-9-14(20-16)10-19-17(3,4)5/h6-9,11,19H,10H2,1-5H3. The van der Waals surface area contributed by atoms with Crippen LogP contribution in [0, 0.1) is 13.8 Å².